The number of aliphatic hydroxyl groups is 1. The van der Waals surface area contributed by atoms with Gasteiger partial charge in [0.2, 0.25) is 5.91 Å². The van der Waals surface area contributed by atoms with Crippen molar-refractivity contribution in [2.75, 3.05) is 31.3 Å². The maximum atomic E-state index is 12.4. The van der Waals surface area contributed by atoms with E-state index < -0.39 is 0 Å². The number of hydrogen-bond donors (Lipinski definition) is 2. The van der Waals surface area contributed by atoms with Crippen LogP contribution in [-0.2, 0) is 4.79 Å². The molecule has 116 valence electrons. The molecule has 5 heteroatoms. The predicted octanol–water partition coefficient (Wildman–Crippen LogP) is 2.44. The highest BCUT2D eigenvalue weighted by Crippen LogP contribution is 2.25. The summed E-state index contributed by atoms with van der Waals surface area (Å²) in [6.45, 7) is 3.97. The minimum atomic E-state index is -0.139. The summed E-state index contributed by atoms with van der Waals surface area (Å²) in [7, 11) is 0. The Labute approximate surface area is 130 Å². The Bertz CT molecular complexity index is 473. The Morgan fingerprint density at radius 2 is 2.10 bits per heavy atom. The fourth-order valence-corrected chi connectivity index (χ4v) is 3.23. The molecule has 1 atom stereocenters. The number of likely N-dealkylation sites (tertiary alicyclic amines) is 1. The van der Waals surface area contributed by atoms with E-state index in [0.717, 1.165) is 36.5 Å². The van der Waals surface area contributed by atoms with Crippen LogP contribution in [0, 0.1) is 5.92 Å². The molecule has 1 unspecified atom stereocenters. The molecule has 1 fully saturated rings. The molecule has 1 heterocycles. The summed E-state index contributed by atoms with van der Waals surface area (Å²) in [6, 6.07) is 7.73. The summed E-state index contributed by atoms with van der Waals surface area (Å²) >= 11 is 1.63. The Balaban J connectivity index is 1.94. The van der Waals surface area contributed by atoms with Crippen molar-refractivity contribution in [2.24, 2.45) is 5.92 Å². The average Bonchev–Trinajstić information content (AvgIpc) is 2.54. The van der Waals surface area contributed by atoms with Crippen molar-refractivity contribution in [3.63, 3.8) is 0 Å². The number of hydrogen-bond acceptors (Lipinski definition) is 4. The number of benzene rings is 1. The third-order valence-corrected chi connectivity index (χ3v) is 5.00. The molecule has 2 rings (SSSR count). The fraction of sp³-hybridized carbons (Fsp3) is 0.562. The lowest BCUT2D eigenvalue weighted by Crippen LogP contribution is -2.46. The van der Waals surface area contributed by atoms with Gasteiger partial charge in [0.05, 0.1) is 11.7 Å². The van der Waals surface area contributed by atoms with Crippen LogP contribution in [-0.4, -0.2) is 47.9 Å². The van der Waals surface area contributed by atoms with Crippen molar-refractivity contribution in [1.29, 1.82) is 0 Å². The molecule has 4 nitrogen and oxygen atoms in total. The first kappa shape index (κ1) is 16.3. The summed E-state index contributed by atoms with van der Waals surface area (Å²) in [6.07, 6.45) is 3.94. The van der Waals surface area contributed by atoms with Crippen LogP contribution in [0.15, 0.2) is 29.2 Å². The zero-order valence-electron chi connectivity index (χ0n) is 12.7. The SMILES string of the molecule is CSc1ccccc1NC(=O)C(C)N1CCC(CO)CC1. The topological polar surface area (TPSA) is 52.6 Å². The van der Waals surface area contributed by atoms with Crippen LogP contribution in [0.3, 0.4) is 0 Å². The van der Waals surface area contributed by atoms with E-state index in [4.69, 9.17) is 0 Å². The lowest BCUT2D eigenvalue weighted by Gasteiger charge is -2.34. The van der Waals surface area contributed by atoms with Crippen molar-refractivity contribution in [3.05, 3.63) is 24.3 Å². The van der Waals surface area contributed by atoms with Crippen molar-refractivity contribution >= 4 is 23.4 Å². The summed E-state index contributed by atoms with van der Waals surface area (Å²) in [5.74, 6) is 0.438. The van der Waals surface area contributed by atoms with Crippen molar-refractivity contribution < 1.29 is 9.90 Å². The summed E-state index contributed by atoms with van der Waals surface area (Å²) < 4.78 is 0. The number of carbonyl (C=O) groups is 1. The smallest absolute Gasteiger partial charge is 0.241 e. The largest absolute Gasteiger partial charge is 0.396 e. The first-order valence-corrected chi connectivity index (χ1v) is 8.67. The summed E-state index contributed by atoms with van der Waals surface area (Å²) in [5, 5.41) is 12.2. The second-order valence-corrected chi connectivity index (χ2v) is 6.38. The first-order valence-electron chi connectivity index (χ1n) is 7.44. The highest BCUT2D eigenvalue weighted by Gasteiger charge is 2.26. The predicted molar refractivity (Wildman–Crippen MR) is 87.7 cm³/mol. The molecule has 0 saturated carbocycles. The van der Waals surface area contributed by atoms with Crippen LogP contribution in [0.25, 0.3) is 0 Å². The Hall–Kier alpha value is -1.04. The molecule has 1 aliphatic rings. The molecular weight excluding hydrogens is 284 g/mol. The van der Waals surface area contributed by atoms with Gasteiger partial charge in [0.15, 0.2) is 0 Å². The number of anilines is 1. The molecule has 1 aromatic rings. The van der Waals surface area contributed by atoms with E-state index in [2.05, 4.69) is 10.2 Å². The van der Waals surface area contributed by atoms with E-state index in [1.807, 2.05) is 37.4 Å². The van der Waals surface area contributed by atoms with Gasteiger partial charge in [-0.1, -0.05) is 12.1 Å². The average molecular weight is 308 g/mol. The number of nitrogens with zero attached hydrogens (tertiary/aromatic N) is 1. The van der Waals surface area contributed by atoms with Gasteiger partial charge in [-0.15, -0.1) is 11.8 Å². The first-order chi connectivity index (χ1) is 10.2. The van der Waals surface area contributed by atoms with Gasteiger partial charge in [-0.25, -0.2) is 0 Å². The normalized spacial score (nSPS) is 18.4. The highest BCUT2D eigenvalue weighted by atomic mass is 32.2. The third kappa shape index (κ3) is 4.22. The van der Waals surface area contributed by atoms with Gasteiger partial charge in [-0.3, -0.25) is 9.69 Å². The number of carbonyl (C=O) groups excluding carboxylic acids is 1. The van der Waals surface area contributed by atoms with E-state index in [1.165, 1.54) is 0 Å². The Morgan fingerprint density at radius 1 is 1.43 bits per heavy atom. The van der Waals surface area contributed by atoms with Crippen LogP contribution in [0.5, 0.6) is 0 Å². The Morgan fingerprint density at radius 3 is 2.71 bits per heavy atom. The monoisotopic (exact) mass is 308 g/mol. The molecule has 0 aromatic heterocycles. The molecule has 1 amide bonds. The maximum Gasteiger partial charge on any atom is 0.241 e. The molecule has 2 N–H and O–H groups in total. The van der Waals surface area contributed by atoms with Gasteiger partial charge >= 0.3 is 0 Å². The zero-order valence-corrected chi connectivity index (χ0v) is 13.5. The highest BCUT2D eigenvalue weighted by molar-refractivity contribution is 7.98. The van der Waals surface area contributed by atoms with Crippen molar-refractivity contribution in [2.45, 2.75) is 30.7 Å². The molecule has 0 spiro atoms. The van der Waals surface area contributed by atoms with Crippen molar-refractivity contribution in [1.82, 2.24) is 4.90 Å². The fourth-order valence-electron chi connectivity index (χ4n) is 2.67. The molecule has 0 radical (unpaired) electrons. The van der Waals surface area contributed by atoms with E-state index in [9.17, 15) is 9.90 Å². The quantitative estimate of drug-likeness (QED) is 0.820. The van der Waals surface area contributed by atoms with E-state index in [1.54, 1.807) is 11.8 Å². The second-order valence-electron chi connectivity index (χ2n) is 5.53. The molecule has 0 aliphatic carbocycles. The number of aliphatic hydroxyl groups excluding tert-OH is 1. The summed E-state index contributed by atoms with van der Waals surface area (Å²) in [4.78, 5) is 15.7. The standard InChI is InChI=1S/C16H24N2O2S/c1-12(18-9-7-13(11-19)8-10-18)16(20)17-14-5-3-4-6-15(14)21-2/h3-6,12-13,19H,7-11H2,1-2H3,(H,17,20). The number of amides is 1. The van der Waals surface area contributed by atoms with E-state index in [-0.39, 0.29) is 18.6 Å². The van der Waals surface area contributed by atoms with Crippen LogP contribution in [0.1, 0.15) is 19.8 Å². The summed E-state index contributed by atoms with van der Waals surface area (Å²) in [5.41, 5.74) is 0.882. The van der Waals surface area contributed by atoms with Gasteiger partial charge in [-0.05, 0) is 57.2 Å². The minimum Gasteiger partial charge on any atom is -0.396 e. The number of piperidine rings is 1. The van der Waals surface area contributed by atoms with Gasteiger partial charge in [0, 0.05) is 11.5 Å². The number of para-hydroxylation sites is 1. The number of rotatable bonds is 5. The van der Waals surface area contributed by atoms with Crippen LogP contribution in [0.2, 0.25) is 0 Å². The third-order valence-electron chi connectivity index (χ3n) is 4.20. The van der Waals surface area contributed by atoms with Gasteiger partial charge in [0.25, 0.3) is 0 Å². The molecule has 1 saturated heterocycles. The number of nitrogens with one attached hydrogen (secondary N) is 1. The Kier molecular flexibility index (Phi) is 6.08. The number of thioether (sulfide) groups is 1. The minimum absolute atomic E-state index is 0.0407. The maximum absolute atomic E-state index is 12.4. The lowest BCUT2D eigenvalue weighted by molar-refractivity contribution is -0.121. The second kappa shape index (κ2) is 7.82. The van der Waals surface area contributed by atoms with Crippen LogP contribution in [0.4, 0.5) is 5.69 Å². The van der Waals surface area contributed by atoms with Crippen molar-refractivity contribution in [3.8, 4) is 0 Å². The van der Waals surface area contributed by atoms with Crippen LogP contribution >= 0.6 is 11.8 Å². The van der Waals surface area contributed by atoms with Gasteiger partial charge < -0.3 is 10.4 Å². The van der Waals surface area contributed by atoms with Gasteiger partial charge in [-0.2, -0.15) is 0 Å². The van der Waals surface area contributed by atoms with Gasteiger partial charge in [0.1, 0.15) is 0 Å². The molecule has 0 bridgehead atoms. The lowest BCUT2D eigenvalue weighted by atomic mass is 9.97. The van der Waals surface area contributed by atoms with Crippen LogP contribution < -0.4 is 5.32 Å². The molecule has 1 aromatic carbocycles. The molecule has 21 heavy (non-hydrogen) atoms. The van der Waals surface area contributed by atoms with E-state index >= 15 is 0 Å². The van der Waals surface area contributed by atoms with E-state index in [0.29, 0.717) is 5.92 Å². The molecular formula is C16H24N2O2S. The molecule has 1 aliphatic heterocycles. The zero-order chi connectivity index (χ0) is 15.2.